The molecule has 0 amide bonds. The molecule has 162 valence electrons. The summed E-state index contributed by atoms with van der Waals surface area (Å²) in [5.41, 5.74) is 6.46. The quantitative estimate of drug-likeness (QED) is 0.596. The second-order valence-electron chi connectivity index (χ2n) is 7.11. The number of aromatic nitrogens is 4. The average Bonchev–Trinajstić information content (AvgIpc) is 3.13. The zero-order valence-corrected chi connectivity index (χ0v) is 17.5. The van der Waals surface area contributed by atoms with Crippen LogP contribution in [0.3, 0.4) is 0 Å². The fourth-order valence-corrected chi connectivity index (χ4v) is 4.14. The smallest absolute Gasteiger partial charge is 0.472 e. The highest BCUT2D eigenvalue weighted by Crippen LogP contribution is 2.49. The number of anilines is 1. The maximum atomic E-state index is 15.2. The molecule has 1 fully saturated rings. The molecule has 2 aromatic rings. The number of rotatable bonds is 8. The molecule has 13 heteroatoms. The Kier molecular flexibility index (Phi) is 6.11. The van der Waals surface area contributed by atoms with E-state index in [2.05, 4.69) is 15.0 Å². The van der Waals surface area contributed by atoms with Gasteiger partial charge in [-0.25, -0.2) is 13.9 Å². The monoisotopic (exact) mass is 433 g/mol. The van der Waals surface area contributed by atoms with Gasteiger partial charge in [-0.1, -0.05) is 6.92 Å². The van der Waals surface area contributed by atoms with Gasteiger partial charge in [0.25, 0.3) is 0 Å². The first-order valence-corrected chi connectivity index (χ1v) is 10.7. The van der Waals surface area contributed by atoms with Gasteiger partial charge < -0.3 is 20.1 Å². The fraction of sp³-hybridized carbons (Fsp3) is 0.688. The molecule has 1 saturated heterocycles. The van der Waals surface area contributed by atoms with Crippen LogP contribution in [0.25, 0.3) is 11.2 Å². The largest absolute Gasteiger partial charge is 0.476 e. The summed E-state index contributed by atoms with van der Waals surface area (Å²) in [6.07, 6.45) is 0.0206. The number of hydrogen-bond acceptors (Lipinski definition) is 9. The number of imidazole rings is 1. The standard InChI is InChI=1S/C16H25FN5O6P/c1-5-25-13-11-12(20-15(18)21-13)22(8-19-11)14-10(4)6-16(17,27-14)7-26-29(23,24)28-9(2)3/h8-10,14H,5-7H2,1-4H3,(H,23,24)(H2,18,20,21)/t10-,14+,16-/m0/s1. The van der Waals surface area contributed by atoms with Gasteiger partial charge in [0, 0.05) is 12.3 Å². The predicted octanol–water partition coefficient (Wildman–Crippen LogP) is 2.57. The van der Waals surface area contributed by atoms with E-state index in [0.717, 1.165) is 0 Å². The molecular weight excluding hydrogens is 408 g/mol. The van der Waals surface area contributed by atoms with Crippen molar-refractivity contribution >= 4 is 24.9 Å². The minimum absolute atomic E-state index is 0.0183. The van der Waals surface area contributed by atoms with Crippen LogP contribution in [0.1, 0.15) is 40.3 Å². The van der Waals surface area contributed by atoms with Crippen molar-refractivity contribution in [2.24, 2.45) is 5.92 Å². The molecule has 0 aromatic carbocycles. The van der Waals surface area contributed by atoms with E-state index < -0.39 is 32.6 Å². The van der Waals surface area contributed by atoms with Gasteiger partial charge in [-0.3, -0.25) is 13.6 Å². The number of ether oxygens (including phenoxy) is 2. The van der Waals surface area contributed by atoms with E-state index >= 15 is 4.39 Å². The van der Waals surface area contributed by atoms with Crippen molar-refractivity contribution in [1.29, 1.82) is 0 Å². The van der Waals surface area contributed by atoms with Gasteiger partial charge in [0.15, 0.2) is 11.2 Å². The summed E-state index contributed by atoms with van der Waals surface area (Å²) in [5.74, 6) is -2.41. The van der Waals surface area contributed by atoms with Crippen LogP contribution in [0.2, 0.25) is 0 Å². The molecule has 4 atom stereocenters. The maximum Gasteiger partial charge on any atom is 0.472 e. The summed E-state index contributed by atoms with van der Waals surface area (Å²) in [6, 6.07) is 0. The molecule has 11 nitrogen and oxygen atoms in total. The van der Waals surface area contributed by atoms with Crippen LogP contribution in [0, 0.1) is 5.92 Å². The Morgan fingerprint density at radius 1 is 1.52 bits per heavy atom. The molecule has 29 heavy (non-hydrogen) atoms. The van der Waals surface area contributed by atoms with Gasteiger partial charge in [-0.15, -0.1) is 0 Å². The van der Waals surface area contributed by atoms with Gasteiger partial charge in [-0.2, -0.15) is 9.97 Å². The molecule has 2 aromatic heterocycles. The molecule has 0 radical (unpaired) electrons. The molecule has 3 heterocycles. The van der Waals surface area contributed by atoms with Crippen LogP contribution in [0.15, 0.2) is 6.33 Å². The highest BCUT2D eigenvalue weighted by atomic mass is 31.2. The molecule has 0 saturated carbocycles. The van der Waals surface area contributed by atoms with Crippen molar-refractivity contribution in [1.82, 2.24) is 19.5 Å². The van der Waals surface area contributed by atoms with E-state index in [-0.39, 0.29) is 24.2 Å². The Labute approximate surface area is 167 Å². The number of nitrogens with two attached hydrogens (primary N) is 1. The molecule has 3 N–H and O–H groups in total. The van der Waals surface area contributed by atoms with Crippen LogP contribution in [0.5, 0.6) is 5.88 Å². The summed E-state index contributed by atoms with van der Waals surface area (Å²) in [7, 11) is -4.40. The van der Waals surface area contributed by atoms with Crippen LogP contribution < -0.4 is 10.5 Å². The number of phosphoric ester groups is 1. The minimum Gasteiger partial charge on any atom is -0.476 e. The van der Waals surface area contributed by atoms with Crippen molar-refractivity contribution in [2.75, 3.05) is 18.9 Å². The number of phosphoric acid groups is 1. The minimum atomic E-state index is -4.40. The van der Waals surface area contributed by atoms with Crippen LogP contribution in [-0.2, 0) is 18.3 Å². The summed E-state index contributed by atoms with van der Waals surface area (Å²) in [5, 5.41) is 0. The van der Waals surface area contributed by atoms with Crippen molar-refractivity contribution < 1.29 is 32.4 Å². The van der Waals surface area contributed by atoms with Crippen molar-refractivity contribution in [2.45, 2.75) is 52.3 Å². The van der Waals surface area contributed by atoms with Crippen molar-refractivity contribution in [3.8, 4) is 5.88 Å². The average molecular weight is 433 g/mol. The number of nitrogens with zero attached hydrogens (tertiary/aromatic N) is 4. The van der Waals surface area contributed by atoms with E-state index in [1.807, 2.05) is 0 Å². The number of nitrogen functional groups attached to an aromatic ring is 1. The Hall–Kier alpha value is -1.85. The lowest BCUT2D eigenvalue weighted by atomic mass is 10.1. The van der Waals surface area contributed by atoms with E-state index in [1.54, 1.807) is 27.7 Å². The van der Waals surface area contributed by atoms with Gasteiger partial charge in [-0.05, 0) is 20.8 Å². The number of hydrogen-bond donors (Lipinski definition) is 2. The normalized spacial score (nSPS) is 26.9. The first kappa shape index (κ1) is 21.8. The molecular formula is C16H25FN5O6P. The molecule has 1 aliphatic heterocycles. The van der Waals surface area contributed by atoms with Crippen molar-refractivity contribution in [3.05, 3.63) is 6.33 Å². The Morgan fingerprint density at radius 3 is 2.90 bits per heavy atom. The second kappa shape index (κ2) is 8.11. The van der Waals surface area contributed by atoms with E-state index in [9.17, 15) is 9.46 Å². The number of fused-ring (bicyclic) bond motifs is 1. The van der Waals surface area contributed by atoms with E-state index in [1.165, 1.54) is 10.9 Å². The maximum absolute atomic E-state index is 15.2. The van der Waals surface area contributed by atoms with Gasteiger partial charge in [0.1, 0.15) is 12.8 Å². The summed E-state index contributed by atoms with van der Waals surface area (Å²) < 4.78 is 49.2. The first-order chi connectivity index (χ1) is 13.5. The molecule has 0 bridgehead atoms. The third-order valence-electron chi connectivity index (χ3n) is 4.19. The summed E-state index contributed by atoms with van der Waals surface area (Å²) >= 11 is 0. The summed E-state index contributed by atoms with van der Waals surface area (Å²) in [4.78, 5) is 22.1. The molecule has 1 aliphatic rings. The fourth-order valence-electron chi connectivity index (χ4n) is 3.19. The second-order valence-corrected chi connectivity index (χ2v) is 8.52. The van der Waals surface area contributed by atoms with Crippen LogP contribution >= 0.6 is 7.82 Å². The Bertz CT molecular complexity index is 927. The molecule has 0 spiro atoms. The van der Waals surface area contributed by atoms with E-state index in [0.29, 0.717) is 17.8 Å². The topological polar surface area (TPSA) is 144 Å². The molecule has 0 aliphatic carbocycles. The third-order valence-corrected chi connectivity index (χ3v) is 5.34. The predicted molar refractivity (Wildman–Crippen MR) is 101 cm³/mol. The van der Waals surface area contributed by atoms with Gasteiger partial charge in [0.05, 0.1) is 19.0 Å². The van der Waals surface area contributed by atoms with Crippen molar-refractivity contribution in [3.63, 3.8) is 0 Å². The SMILES string of the molecule is CCOc1nc(N)nc2c1ncn2[C@@H]1O[C@](F)(COP(=O)(O)OC(C)C)C[C@@H]1C. The highest BCUT2D eigenvalue weighted by molar-refractivity contribution is 7.47. The Morgan fingerprint density at radius 2 is 2.24 bits per heavy atom. The Balaban J connectivity index is 1.81. The first-order valence-electron chi connectivity index (χ1n) is 9.19. The van der Waals surface area contributed by atoms with Crippen LogP contribution in [0.4, 0.5) is 10.3 Å². The zero-order valence-electron chi connectivity index (χ0n) is 16.6. The lowest BCUT2D eigenvalue weighted by molar-refractivity contribution is -0.175. The number of halogens is 1. The zero-order chi connectivity index (χ0) is 21.4. The lowest BCUT2D eigenvalue weighted by Gasteiger charge is -2.23. The highest BCUT2D eigenvalue weighted by Gasteiger charge is 2.48. The van der Waals surface area contributed by atoms with E-state index in [4.69, 9.17) is 24.3 Å². The van der Waals surface area contributed by atoms with Crippen LogP contribution in [-0.4, -0.2) is 49.6 Å². The number of alkyl halides is 1. The molecule has 3 rings (SSSR count). The van der Waals surface area contributed by atoms with Gasteiger partial charge >= 0.3 is 7.82 Å². The third kappa shape index (κ3) is 4.84. The lowest BCUT2D eigenvalue weighted by Crippen LogP contribution is -2.29. The van der Waals surface area contributed by atoms with Gasteiger partial charge in [0.2, 0.25) is 17.7 Å². The molecule has 1 unspecified atom stereocenters. The summed E-state index contributed by atoms with van der Waals surface area (Å²) in [6.45, 7) is 6.30.